The fraction of sp³-hybridized carbons (Fsp3) is 0.304. The van der Waals surface area contributed by atoms with Crippen molar-refractivity contribution in [2.75, 3.05) is 45.0 Å². The second-order valence-corrected chi connectivity index (χ2v) is 7.98. The third-order valence-electron chi connectivity index (χ3n) is 6.04. The average molecular weight is 446 g/mol. The summed E-state index contributed by atoms with van der Waals surface area (Å²) in [6.07, 6.45) is 0. The number of hydrogen-bond acceptors (Lipinski definition) is 8. The van der Waals surface area contributed by atoms with E-state index >= 15 is 0 Å². The molecule has 33 heavy (non-hydrogen) atoms. The monoisotopic (exact) mass is 446 g/mol. The Morgan fingerprint density at radius 3 is 2.70 bits per heavy atom. The van der Waals surface area contributed by atoms with Crippen molar-refractivity contribution in [1.82, 2.24) is 24.5 Å². The van der Waals surface area contributed by atoms with E-state index in [1.807, 2.05) is 33.6 Å². The van der Waals surface area contributed by atoms with Crippen LogP contribution in [0.3, 0.4) is 0 Å². The lowest BCUT2D eigenvalue weighted by molar-refractivity contribution is 0.0745. The van der Waals surface area contributed by atoms with Crippen LogP contribution in [0, 0.1) is 0 Å². The highest BCUT2D eigenvalue weighted by molar-refractivity contribution is 5.95. The van der Waals surface area contributed by atoms with Crippen LogP contribution >= 0.6 is 0 Å². The largest absolute Gasteiger partial charge is 0.454 e. The van der Waals surface area contributed by atoms with Crippen molar-refractivity contribution in [3.05, 3.63) is 53.9 Å². The maximum absolute atomic E-state index is 13.1. The molecule has 168 valence electrons. The number of para-hydroxylation sites is 1. The van der Waals surface area contributed by atoms with Gasteiger partial charge in [0.25, 0.3) is 5.91 Å². The summed E-state index contributed by atoms with van der Waals surface area (Å²) in [6.45, 7) is 2.95. The van der Waals surface area contributed by atoms with Crippen molar-refractivity contribution < 1.29 is 19.0 Å². The Morgan fingerprint density at radius 1 is 1.03 bits per heavy atom. The summed E-state index contributed by atoms with van der Waals surface area (Å²) in [6, 6.07) is 13.2. The number of methoxy groups -OCH3 is 1. The van der Waals surface area contributed by atoms with Crippen LogP contribution in [0.5, 0.6) is 11.5 Å². The van der Waals surface area contributed by atoms with E-state index in [2.05, 4.69) is 15.1 Å². The van der Waals surface area contributed by atoms with Crippen LogP contribution in [0.25, 0.3) is 16.6 Å². The molecule has 0 unspecified atom stereocenters. The van der Waals surface area contributed by atoms with Crippen LogP contribution in [0.4, 0.5) is 5.95 Å². The molecule has 2 aliphatic rings. The molecule has 10 nitrogen and oxygen atoms in total. The summed E-state index contributed by atoms with van der Waals surface area (Å²) in [7, 11) is 1.63. The van der Waals surface area contributed by atoms with Crippen LogP contribution in [0.1, 0.15) is 16.2 Å². The molecular weight excluding hydrogens is 424 g/mol. The van der Waals surface area contributed by atoms with Gasteiger partial charge in [0.05, 0.1) is 5.52 Å². The van der Waals surface area contributed by atoms with Gasteiger partial charge in [-0.15, -0.1) is 10.2 Å². The highest BCUT2D eigenvalue weighted by Gasteiger charge is 2.27. The third kappa shape index (κ3) is 3.30. The molecule has 2 aromatic carbocycles. The summed E-state index contributed by atoms with van der Waals surface area (Å²) < 4.78 is 18.1. The van der Waals surface area contributed by atoms with Crippen molar-refractivity contribution in [2.45, 2.75) is 6.61 Å². The SMILES string of the molecule is COCc1nnc2c3ccccc3nc(N3CCN(C(=O)c4ccc5c(c4)OCO5)CC3)n12. The van der Waals surface area contributed by atoms with E-state index in [1.165, 1.54) is 0 Å². The van der Waals surface area contributed by atoms with Gasteiger partial charge in [-0.25, -0.2) is 9.38 Å². The number of fused-ring (bicyclic) bond motifs is 4. The maximum Gasteiger partial charge on any atom is 0.254 e. The first kappa shape index (κ1) is 19.7. The second kappa shape index (κ2) is 7.89. The minimum Gasteiger partial charge on any atom is -0.454 e. The molecule has 1 amide bonds. The number of carbonyl (C=O) groups is 1. The normalized spacial score (nSPS) is 15.5. The van der Waals surface area contributed by atoms with Crippen molar-refractivity contribution >= 4 is 28.4 Å². The van der Waals surface area contributed by atoms with Gasteiger partial charge in [-0.05, 0) is 30.3 Å². The molecule has 1 saturated heterocycles. The van der Waals surface area contributed by atoms with Gasteiger partial charge < -0.3 is 24.0 Å². The zero-order valence-corrected chi connectivity index (χ0v) is 18.1. The van der Waals surface area contributed by atoms with E-state index in [1.54, 1.807) is 25.3 Å². The van der Waals surface area contributed by atoms with Gasteiger partial charge in [0.1, 0.15) is 6.61 Å². The first-order chi connectivity index (χ1) is 16.2. The number of carbonyl (C=O) groups excluding carboxylic acids is 1. The Kier molecular flexibility index (Phi) is 4.72. The molecule has 0 bridgehead atoms. The molecule has 4 heterocycles. The lowest BCUT2D eigenvalue weighted by Gasteiger charge is -2.35. The van der Waals surface area contributed by atoms with Crippen LogP contribution in [-0.4, -0.2) is 70.5 Å². The van der Waals surface area contributed by atoms with Crippen molar-refractivity contribution in [3.63, 3.8) is 0 Å². The average Bonchev–Trinajstić information content (AvgIpc) is 3.50. The Morgan fingerprint density at radius 2 is 1.85 bits per heavy atom. The number of aromatic nitrogens is 4. The van der Waals surface area contributed by atoms with Crippen molar-refractivity contribution in [2.24, 2.45) is 0 Å². The minimum absolute atomic E-state index is 0.0195. The molecule has 0 spiro atoms. The van der Waals surface area contributed by atoms with E-state index in [-0.39, 0.29) is 12.7 Å². The van der Waals surface area contributed by atoms with E-state index < -0.39 is 0 Å². The summed E-state index contributed by atoms with van der Waals surface area (Å²) in [5.41, 5.74) is 2.21. The summed E-state index contributed by atoms with van der Waals surface area (Å²) in [5, 5.41) is 9.69. The number of rotatable bonds is 4. The molecule has 6 rings (SSSR count). The van der Waals surface area contributed by atoms with Gasteiger partial charge in [0.15, 0.2) is 23.0 Å². The Hall–Kier alpha value is -3.92. The zero-order valence-electron chi connectivity index (χ0n) is 18.1. The minimum atomic E-state index is -0.0195. The Balaban J connectivity index is 1.28. The number of amides is 1. The van der Waals surface area contributed by atoms with Crippen LogP contribution in [0.15, 0.2) is 42.5 Å². The van der Waals surface area contributed by atoms with Gasteiger partial charge in [-0.2, -0.15) is 0 Å². The first-order valence-corrected chi connectivity index (χ1v) is 10.8. The fourth-order valence-electron chi connectivity index (χ4n) is 4.38. The predicted molar refractivity (Wildman–Crippen MR) is 120 cm³/mol. The van der Waals surface area contributed by atoms with Crippen LogP contribution in [0.2, 0.25) is 0 Å². The number of piperazine rings is 1. The molecule has 0 N–H and O–H groups in total. The molecule has 1 fully saturated rings. The molecule has 0 atom stereocenters. The summed E-state index contributed by atoms with van der Waals surface area (Å²) >= 11 is 0. The summed E-state index contributed by atoms with van der Waals surface area (Å²) in [4.78, 5) is 22.0. The number of nitrogens with zero attached hydrogens (tertiary/aromatic N) is 6. The molecule has 2 aliphatic heterocycles. The molecule has 10 heteroatoms. The third-order valence-corrected chi connectivity index (χ3v) is 6.04. The van der Waals surface area contributed by atoms with E-state index in [4.69, 9.17) is 19.2 Å². The van der Waals surface area contributed by atoms with Crippen LogP contribution < -0.4 is 14.4 Å². The van der Waals surface area contributed by atoms with Gasteiger partial charge in [-0.1, -0.05) is 12.1 Å². The summed E-state index contributed by atoms with van der Waals surface area (Å²) in [5.74, 6) is 2.72. The van der Waals surface area contributed by atoms with E-state index in [0.717, 1.165) is 22.5 Å². The number of hydrogen-bond donors (Lipinski definition) is 0. The zero-order chi connectivity index (χ0) is 22.4. The fourth-order valence-corrected chi connectivity index (χ4v) is 4.38. The quantitative estimate of drug-likeness (QED) is 0.471. The van der Waals surface area contributed by atoms with Gasteiger partial charge >= 0.3 is 0 Å². The van der Waals surface area contributed by atoms with Gasteiger partial charge in [0, 0.05) is 44.2 Å². The van der Waals surface area contributed by atoms with E-state index in [9.17, 15) is 4.79 Å². The second-order valence-electron chi connectivity index (χ2n) is 7.98. The molecule has 0 saturated carbocycles. The molecule has 4 aromatic rings. The van der Waals surface area contributed by atoms with Gasteiger partial charge in [0.2, 0.25) is 12.7 Å². The highest BCUT2D eigenvalue weighted by Crippen LogP contribution is 2.33. The van der Waals surface area contributed by atoms with E-state index in [0.29, 0.717) is 55.7 Å². The number of anilines is 1. The first-order valence-electron chi connectivity index (χ1n) is 10.8. The van der Waals surface area contributed by atoms with Crippen molar-refractivity contribution in [1.29, 1.82) is 0 Å². The highest BCUT2D eigenvalue weighted by atomic mass is 16.7. The molecule has 0 radical (unpaired) electrons. The lowest BCUT2D eigenvalue weighted by atomic mass is 10.1. The molecule has 2 aromatic heterocycles. The maximum atomic E-state index is 13.1. The molecule has 0 aliphatic carbocycles. The Bertz CT molecular complexity index is 1360. The predicted octanol–water partition coefficient (Wildman–Crippen LogP) is 2.11. The topological polar surface area (TPSA) is 94.3 Å². The lowest BCUT2D eigenvalue weighted by Crippen LogP contribution is -2.49. The Labute approximate surface area is 189 Å². The van der Waals surface area contributed by atoms with Crippen LogP contribution in [-0.2, 0) is 11.3 Å². The van der Waals surface area contributed by atoms with Gasteiger partial charge in [-0.3, -0.25) is 4.79 Å². The smallest absolute Gasteiger partial charge is 0.254 e. The number of benzene rings is 2. The molecular formula is C23H22N6O4. The van der Waals surface area contributed by atoms with Crippen molar-refractivity contribution in [3.8, 4) is 11.5 Å². The standard InChI is InChI=1S/C23H22N6O4/c1-31-13-20-25-26-21-16-4-2-3-5-17(16)24-23(29(20)21)28-10-8-27(9-11-28)22(30)15-6-7-18-19(12-15)33-14-32-18/h2-7,12H,8-11,13-14H2,1H3. The number of ether oxygens (including phenoxy) is 3.